The Morgan fingerprint density at radius 3 is 2.45 bits per heavy atom. The largest absolute Gasteiger partial charge is 0.362 e. The highest BCUT2D eigenvalue weighted by Crippen LogP contribution is 2.30. The van der Waals surface area contributed by atoms with Crippen molar-refractivity contribution in [2.45, 2.75) is 6.92 Å². The predicted octanol–water partition coefficient (Wildman–Crippen LogP) is 1.96. The first-order valence-electron chi connectivity index (χ1n) is 7.28. The van der Waals surface area contributed by atoms with Crippen LogP contribution in [-0.4, -0.2) is 40.7 Å². The van der Waals surface area contributed by atoms with Crippen LogP contribution in [0.25, 0.3) is 0 Å². The van der Waals surface area contributed by atoms with E-state index in [-0.39, 0.29) is 10.6 Å². The third-order valence-electron chi connectivity index (χ3n) is 4.03. The monoisotopic (exact) mass is 301 g/mol. The van der Waals surface area contributed by atoms with E-state index in [1.807, 2.05) is 36.9 Å². The van der Waals surface area contributed by atoms with E-state index < -0.39 is 0 Å². The van der Waals surface area contributed by atoms with Crippen LogP contribution in [0.2, 0.25) is 0 Å². The maximum Gasteiger partial charge on any atom is 0.292 e. The van der Waals surface area contributed by atoms with Gasteiger partial charge in [-0.1, -0.05) is 6.07 Å². The Bertz CT molecular complexity index is 689. The summed E-state index contributed by atoms with van der Waals surface area (Å²) in [4.78, 5) is 19.6. The van der Waals surface area contributed by atoms with E-state index in [2.05, 4.69) is 14.8 Å². The second-order valence-electron chi connectivity index (χ2n) is 5.56. The summed E-state index contributed by atoms with van der Waals surface area (Å²) in [6.07, 6.45) is 3.71. The minimum atomic E-state index is -0.298. The summed E-state index contributed by atoms with van der Waals surface area (Å²) in [5, 5.41) is 11.3. The Hall–Kier alpha value is -2.57. The number of piperazine rings is 1. The van der Waals surface area contributed by atoms with Gasteiger partial charge in [0.15, 0.2) is 0 Å². The summed E-state index contributed by atoms with van der Waals surface area (Å²) in [6.45, 7) is 4.97. The van der Waals surface area contributed by atoms with E-state index in [1.165, 1.54) is 0 Å². The molecule has 0 N–H and O–H groups in total. The van der Waals surface area contributed by atoms with Gasteiger partial charge in [-0.2, -0.15) is 0 Å². The van der Waals surface area contributed by atoms with Crippen LogP contribution in [-0.2, 0) is 7.05 Å². The van der Waals surface area contributed by atoms with Crippen molar-refractivity contribution in [2.75, 3.05) is 36.0 Å². The van der Waals surface area contributed by atoms with Crippen LogP contribution < -0.4 is 9.80 Å². The highest BCUT2D eigenvalue weighted by molar-refractivity contribution is 5.65. The van der Waals surface area contributed by atoms with Crippen molar-refractivity contribution in [1.82, 2.24) is 9.55 Å². The zero-order valence-electron chi connectivity index (χ0n) is 12.8. The van der Waals surface area contributed by atoms with Crippen LogP contribution >= 0.6 is 0 Å². The molecule has 1 saturated heterocycles. The van der Waals surface area contributed by atoms with Crippen molar-refractivity contribution in [3.63, 3.8) is 0 Å². The number of nitro benzene ring substituents is 1. The molecule has 1 aliphatic rings. The molecule has 0 bridgehead atoms. The SMILES string of the molecule is Cc1ccc(N2CCN(c3nccn3C)CC2)c([N+](=O)[O-])c1. The van der Waals surface area contributed by atoms with Gasteiger partial charge in [-0.3, -0.25) is 10.1 Å². The van der Waals surface area contributed by atoms with Crippen molar-refractivity contribution in [3.05, 3.63) is 46.3 Å². The highest BCUT2D eigenvalue weighted by Gasteiger charge is 2.24. The maximum atomic E-state index is 11.3. The third kappa shape index (κ3) is 2.61. The van der Waals surface area contributed by atoms with E-state index in [9.17, 15) is 10.1 Å². The van der Waals surface area contributed by atoms with Gasteiger partial charge in [0.25, 0.3) is 5.69 Å². The van der Waals surface area contributed by atoms with E-state index in [0.29, 0.717) is 5.69 Å². The summed E-state index contributed by atoms with van der Waals surface area (Å²) >= 11 is 0. The second kappa shape index (κ2) is 5.67. The molecule has 0 saturated carbocycles. The molecule has 7 nitrogen and oxygen atoms in total. The third-order valence-corrected chi connectivity index (χ3v) is 4.03. The molecule has 3 rings (SSSR count). The van der Waals surface area contributed by atoms with Gasteiger partial charge in [0, 0.05) is 51.7 Å². The van der Waals surface area contributed by atoms with Gasteiger partial charge in [-0.25, -0.2) is 4.98 Å². The molecule has 7 heteroatoms. The molecule has 2 aromatic rings. The van der Waals surface area contributed by atoms with Crippen molar-refractivity contribution in [2.24, 2.45) is 7.05 Å². The van der Waals surface area contributed by atoms with Gasteiger partial charge >= 0.3 is 0 Å². The van der Waals surface area contributed by atoms with Crippen molar-refractivity contribution in [1.29, 1.82) is 0 Å². The Kier molecular flexibility index (Phi) is 3.70. The lowest BCUT2D eigenvalue weighted by atomic mass is 10.1. The first kappa shape index (κ1) is 14.4. The molecule has 1 aliphatic heterocycles. The fourth-order valence-corrected chi connectivity index (χ4v) is 2.86. The molecule has 1 aromatic heterocycles. The maximum absolute atomic E-state index is 11.3. The molecule has 0 atom stereocenters. The lowest BCUT2D eigenvalue weighted by Crippen LogP contribution is -2.47. The van der Waals surface area contributed by atoms with Gasteiger partial charge in [-0.05, 0) is 18.6 Å². The van der Waals surface area contributed by atoms with Crippen LogP contribution in [0, 0.1) is 17.0 Å². The van der Waals surface area contributed by atoms with Crippen LogP contribution in [0.1, 0.15) is 5.56 Å². The van der Waals surface area contributed by atoms with Crippen LogP contribution in [0.15, 0.2) is 30.6 Å². The average molecular weight is 301 g/mol. The van der Waals surface area contributed by atoms with Gasteiger partial charge in [-0.15, -0.1) is 0 Å². The standard InChI is InChI=1S/C15H19N5O2/c1-12-3-4-13(14(11-12)20(21)22)18-7-9-19(10-8-18)15-16-5-6-17(15)2/h3-6,11H,7-10H2,1-2H3. The fourth-order valence-electron chi connectivity index (χ4n) is 2.86. The molecule has 22 heavy (non-hydrogen) atoms. The quantitative estimate of drug-likeness (QED) is 0.640. The number of aromatic nitrogens is 2. The fraction of sp³-hybridized carbons (Fsp3) is 0.400. The smallest absolute Gasteiger partial charge is 0.292 e. The minimum Gasteiger partial charge on any atom is -0.362 e. The number of imidazole rings is 1. The number of benzene rings is 1. The molecule has 0 spiro atoms. The summed E-state index contributed by atoms with van der Waals surface area (Å²) < 4.78 is 1.99. The molecule has 0 aliphatic carbocycles. The molecule has 116 valence electrons. The molecule has 0 unspecified atom stereocenters. The highest BCUT2D eigenvalue weighted by atomic mass is 16.6. The van der Waals surface area contributed by atoms with E-state index in [1.54, 1.807) is 12.3 Å². The second-order valence-corrected chi connectivity index (χ2v) is 5.56. The zero-order chi connectivity index (χ0) is 15.7. The molecule has 1 aromatic carbocycles. The molecule has 0 radical (unpaired) electrons. The summed E-state index contributed by atoms with van der Waals surface area (Å²) in [5.41, 5.74) is 1.79. The van der Waals surface area contributed by atoms with Gasteiger partial charge < -0.3 is 14.4 Å². The summed E-state index contributed by atoms with van der Waals surface area (Å²) in [6, 6.07) is 5.41. The first-order chi connectivity index (χ1) is 10.6. The number of hydrogen-bond acceptors (Lipinski definition) is 5. The lowest BCUT2D eigenvalue weighted by Gasteiger charge is -2.36. The van der Waals surface area contributed by atoms with Gasteiger partial charge in [0.1, 0.15) is 5.69 Å². The van der Waals surface area contributed by atoms with E-state index in [4.69, 9.17) is 0 Å². The predicted molar refractivity (Wildman–Crippen MR) is 85.5 cm³/mol. The number of nitro groups is 1. The lowest BCUT2D eigenvalue weighted by molar-refractivity contribution is -0.384. The molecule has 0 amide bonds. The van der Waals surface area contributed by atoms with Gasteiger partial charge in [0.2, 0.25) is 5.95 Å². The van der Waals surface area contributed by atoms with Crippen molar-refractivity contribution >= 4 is 17.3 Å². The minimum absolute atomic E-state index is 0.186. The number of nitrogens with zero attached hydrogens (tertiary/aromatic N) is 5. The molecule has 2 heterocycles. The number of hydrogen-bond donors (Lipinski definition) is 0. The molecular weight excluding hydrogens is 282 g/mol. The number of rotatable bonds is 3. The first-order valence-corrected chi connectivity index (χ1v) is 7.28. The Morgan fingerprint density at radius 2 is 1.86 bits per heavy atom. The van der Waals surface area contributed by atoms with Crippen LogP contribution in [0.3, 0.4) is 0 Å². The Balaban J connectivity index is 1.77. The number of anilines is 2. The van der Waals surface area contributed by atoms with Crippen LogP contribution in [0.5, 0.6) is 0 Å². The zero-order valence-corrected chi connectivity index (χ0v) is 12.8. The Labute approximate surface area is 128 Å². The summed E-state index contributed by atoms with van der Waals surface area (Å²) in [7, 11) is 1.97. The van der Waals surface area contributed by atoms with E-state index >= 15 is 0 Å². The summed E-state index contributed by atoms with van der Waals surface area (Å²) in [5.74, 6) is 0.943. The normalized spacial score (nSPS) is 15.2. The van der Waals surface area contributed by atoms with Crippen molar-refractivity contribution < 1.29 is 4.92 Å². The van der Waals surface area contributed by atoms with Gasteiger partial charge in [0.05, 0.1) is 4.92 Å². The van der Waals surface area contributed by atoms with Crippen LogP contribution in [0.4, 0.5) is 17.3 Å². The topological polar surface area (TPSA) is 67.4 Å². The molecular formula is C15H19N5O2. The number of aryl methyl sites for hydroxylation is 2. The van der Waals surface area contributed by atoms with Crippen molar-refractivity contribution in [3.8, 4) is 0 Å². The van der Waals surface area contributed by atoms with E-state index in [0.717, 1.165) is 37.7 Å². The Morgan fingerprint density at radius 1 is 1.18 bits per heavy atom. The molecule has 1 fully saturated rings. The average Bonchev–Trinajstić information content (AvgIpc) is 2.93.